The summed E-state index contributed by atoms with van der Waals surface area (Å²) in [4.78, 5) is 26.0. The summed E-state index contributed by atoms with van der Waals surface area (Å²) in [6.07, 6.45) is 2.56. The van der Waals surface area contributed by atoms with Crippen molar-refractivity contribution >= 4 is 11.5 Å². The van der Waals surface area contributed by atoms with Gasteiger partial charge < -0.3 is 16.2 Å². The number of nitrogen functional groups attached to an aromatic ring is 1. The molecule has 0 atom stereocenters. The molecule has 0 amide bonds. The summed E-state index contributed by atoms with van der Waals surface area (Å²) in [5, 5.41) is 12.5. The van der Waals surface area contributed by atoms with Gasteiger partial charge in [-0.05, 0) is 25.2 Å². The molecule has 7 heteroatoms. The SMILES string of the molecule is CC(C)Cn1c(N)c(NC2(CO)CCC2)c(=O)[nH]c1=O. The number of aromatic amines is 1. The Labute approximate surface area is 116 Å². The van der Waals surface area contributed by atoms with Crippen LogP contribution in [0.25, 0.3) is 0 Å². The Morgan fingerprint density at radius 3 is 2.55 bits per heavy atom. The fourth-order valence-corrected chi connectivity index (χ4v) is 2.45. The van der Waals surface area contributed by atoms with Crippen molar-refractivity contribution in [3.05, 3.63) is 20.8 Å². The van der Waals surface area contributed by atoms with E-state index in [0.29, 0.717) is 6.54 Å². The number of nitrogens with two attached hydrogens (primary N) is 1. The average molecular weight is 282 g/mol. The second-order valence-electron chi connectivity index (χ2n) is 5.94. The van der Waals surface area contributed by atoms with Crippen LogP contribution in [-0.4, -0.2) is 26.8 Å². The number of hydrogen-bond donors (Lipinski definition) is 4. The van der Waals surface area contributed by atoms with Crippen LogP contribution in [0.5, 0.6) is 0 Å². The monoisotopic (exact) mass is 282 g/mol. The van der Waals surface area contributed by atoms with Gasteiger partial charge in [0, 0.05) is 6.54 Å². The number of aliphatic hydroxyl groups excluding tert-OH is 1. The van der Waals surface area contributed by atoms with Crippen LogP contribution >= 0.6 is 0 Å². The van der Waals surface area contributed by atoms with Crippen molar-refractivity contribution in [1.29, 1.82) is 0 Å². The van der Waals surface area contributed by atoms with E-state index in [1.54, 1.807) is 0 Å². The highest BCUT2D eigenvalue weighted by Crippen LogP contribution is 2.35. The number of aliphatic hydroxyl groups is 1. The topological polar surface area (TPSA) is 113 Å². The first-order valence-electron chi connectivity index (χ1n) is 6.90. The maximum Gasteiger partial charge on any atom is 0.330 e. The summed E-state index contributed by atoms with van der Waals surface area (Å²) < 4.78 is 1.36. The highest BCUT2D eigenvalue weighted by Gasteiger charge is 2.37. The van der Waals surface area contributed by atoms with Gasteiger partial charge in [0.05, 0.1) is 12.1 Å². The van der Waals surface area contributed by atoms with Gasteiger partial charge in [0.1, 0.15) is 11.5 Å². The average Bonchev–Trinajstić information content (AvgIpc) is 2.32. The molecule has 1 aromatic heterocycles. The Kier molecular flexibility index (Phi) is 3.89. The molecule has 5 N–H and O–H groups in total. The zero-order valence-electron chi connectivity index (χ0n) is 11.9. The van der Waals surface area contributed by atoms with E-state index in [1.807, 2.05) is 13.8 Å². The third-order valence-electron chi connectivity index (χ3n) is 3.79. The molecule has 1 fully saturated rings. The minimum absolute atomic E-state index is 0.0603. The number of H-pyrrole nitrogens is 1. The fourth-order valence-electron chi connectivity index (χ4n) is 2.45. The Morgan fingerprint density at radius 1 is 1.45 bits per heavy atom. The van der Waals surface area contributed by atoms with Crippen LogP contribution in [0.4, 0.5) is 11.5 Å². The second kappa shape index (κ2) is 5.32. The molecule has 1 aromatic rings. The molecule has 0 bridgehead atoms. The number of rotatable bonds is 5. The Bertz CT molecular complexity index is 593. The molecule has 0 spiro atoms. The summed E-state index contributed by atoms with van der Waals surface area (Å²) in [5.41, 5.74) is 4.63. The second-order valence-corrected chi connectivity index (χ2v) is 5.94. The zero-order chi connectivity index (χ0) is 14.9. The van der Waals surface area contributed by atoms with E-state index in [9.17, 15) is 14.7 Å². The maximum absolute atomic E-state index is 11.9. The standard InChI is InChI=1S/C13H22N4O3/c1-8(2)6-17-10(14)9(11(19)15-12(17)20)16-13(7-18)4-3-5-13/h8,16,18H,3-7,14H2,1-2H3,(H,15,19,20). The quantitative estimate of drug-likeness (QED) is 0.612. The van der Waals surface area contributed by atoms with Crippen LogP contribution < -0.4 is 22.3 Å². The molecular weight excluding hydrogens is 260 g/mol. The summed E-state index contributed by atoms with van der Waals surface area (Å²) in [7, 11) is 0. The third kappa shape index (κ3) is 2.58. The first-order chi connectivity index (χ1) is 9.38. The summed E-state index contributed by atoms with van der Waals surface area (Å²) in [5.74, 6) is 0.358. The fraction of sp³-hybridized carbons (Fsp3) is 0.692. The first-order valence-corrected chi connectivity index (χ1v) is 6.90. The smallest absolute Gasteiger partial charge is 0.330 e. The number of anilines is 2. The maximum atomic E-state index is 11.9. The minimum atomic E-state index is -0.535. The van der Waals surface area contributed by atoms with Gasteiger partial charge in [-0.2, -0.15) is 0 Å². The molecule has 0 radical (unpaired) electrons. The van der Waals surface area contributed by atoms with Crippen LogP contribution in [-0.2, 0) is 6.54 Å². The van der Waals surface area contributed by atoms with E-state index in [1.165, 1.54) is 4.57 Å². The molecule has 0 aromatic carbocycles. The molecule has 112 valence electrons. The minimum Gasteiger partial charge on any atom is -0.394 e. The molecule has 7 nitrogen and oxygen atoms in total. The van der Waals surface area contributed by atoms with Crippen molar-refractivity contribution in [3.63, 3.8) is 0 Å². The van der Waals surface area contributed by atoms with E-state index in [2.05, 4.69) is 10.3 Å². The summed E-state index contributed by atoms with van der Waals surface area (Å²) >= 11 is 0. The lowest BCUT2D eigenvalue weighted by atomic mass is 9.77. The van der Waals surface area contributed by atoms with Gasteiger partial charge in [0.15, 0.2) is 0 Å². The van der Waals surface area contributed by atoms with Gasteiger partial charge in [0.25, 0.3) is 5.56 Å². The van der Waals surface area contributed by atoms with Crippen LogP contribution in [0, 0.1) is 5.92 Å². The predicted octanol–water partition coefficient (Wildman–Crippen LogP) is 0.102. The molecule has 0 aliphatic heterocycles. The number of hydrogen-bond acceptors (Lipinski definition) is 5. The largest absolute Gasteiger partial charge is 0.394 e. The van der Waals surface area contributed by atoms with Gasteiger partial charge in [0.2, 0.25) is 0 Å². The highest BCUT2D eigenvalue weighted by atomic mass is 16.3. The van der Waals surface area contributed by atoms with E-state index in [0.717, 1.165) is 19.3 Å². The van der Waals surface area contributed by atoms with Crippen LogP contribution in [0.2, 0.25) is 0 Å². The van der Waals surface area contributed by atoms with Gasteiger partial charge in [-0.15, -0.1) is 0 Å². The molecule has 0 saturated heterocycles. The van der Waals surface area contributed by atoms with Gasteiger partial charge >= 0.3 is 5.69 Å². The van der Waals surface area contributed by atoms with E-state index >= 15 is 0 Å². The lowest BCUT2D eigenvalue weighted by Crippen LogP contribution is -2.50. The van der Waals surface area contributed by atoms with Gasteiger partial charge in [-0.1, -0.05) is 13.8 Å². The number of aromatic nitrogens is 2. The molecule has 1 heterocycles. The van der Waals surface area contributed by atoms with Crippen molar-refractivity contribution in [3.8, 4) is 0 Å². The highest BCUT2D eigenvalue weighted by molar-refractivity contribution is 5.62. The summed E-state index contributed by atoms with van der Waals surface area (Å²) in [6, 6.07) is 0. The van der Waals surface area contributed by atoms with E-state index in [4.69, 9.17) is 5.73 Å². The lowest BCUT2D eigenvalue weighted by molar-refractivity contribution is 0.144. The Hall–Kier alpha value is -1.76. The Morgan fingerprint density at radius 2 is 2.10 bits per heavy atom. The molecule has 1 saturated carbocycles. The molecule has 0 unspecified atom stereocenters. The third-order valence-corrected chi connectivity index (χ3v) is 3.79. The molecule has 20 heavy (non-hydrogen) atoms. The van der Waals surface area contributed by atoms with E-state index in [-0.39, 0.29) is 24.0 Å². The molecule has 1 aliphatic rings. The van der Waals surface area contributed by atoms with Crippen LogP contribution in [0.3, 0.4) is 0 Å². The molecular formula is C13H22N4O3. The number of nitrogens with zero attached hydrogens (tertiary/aromatic N) is 1. The van der Waals surface area contributed by atoms with Gasteiger partial charge in [-0.25, -0.2) is 4.79 Å². The van der Waals surface area contributed by atoms with Crippen molar-refractivity contribution < 1.29 is 5.11 Å². The number of nitrogens with one attached hydrogen (secondary N) is 2. The van der Waals surface area contributed by atoms with Crippen LogP contribution in [0.1, 0.15) is 33.1 Å². The first kappa shape index (κ1) is 14.6. The van der Waals surface area contributed by atoms with Crippen LogP contribution in [0.15, 0.2) is 9.59 Å². The zero-order valence-corrected chi connectivity index (χ0v) is 11.9. The van der Waals surface area contributed by atoms with Crippen molar-refractivity contribution in [2.75, 3.05) is 17.7 Å². The predicted molar refractivity (Wildman–Crippen MR) is 77.9 cm³/mol. The van der Waals surface area contributed by atoms with E-state index < -0.39 is 16.8 Å². The van der Waals surface area contributed by atoms with Crippen molar-refractivity contribution in [1.82, 2.24) is 9.55 Å². The van der Waals surface area contributed by atoms with Crippen molar-refractivity contribution in [2.45, 2.75) is 45.2 Å². The molecule has 1 aliphatic carbocycles. The molecule has 2 rings (SSSR count). The van der Waals surface area contributed by atoms with Gasteiger partial charge in [-0.3, -0.25) is 14.3 Å². The normalized spacial score (nSPS) is 17.0. The van der Waals surface area contributed by atoms with Crippen molar-refractivity contribution in [2.24, 2.45) is 5.92 Å². The Balaban J connectivity index is 2.42. The lowest BCUT2D eigenvalue weighted by Gasteiger charge is -2.41. The summed E-state index contributed by atoms with van der Waals surface area (Å²) in [6.45, 7) is 4.30.